The number of rotatable bonds is 7. The largest absolute Gasteiger partial charge is 0.487 e. The first-order chi connectivity index (χ1) is 16.6. The Hall–Kier alpha value is -4.28. The van der Waals surface area contributed by atoms with Gasteiger partial charge in [0.15, 0.2) is 0 Å². The summed E-state index contributed by atoms with van der Waals surface area (Å²) in [6.45, 7) is 3.68. The van der Waals surface area contributed by atoms with Gasteiger partial charge in [-0.3, -0.25) is 0 Å². The van der Waals surface area contributed by atoms with Crippen molar-refractivity contribution in [3.8, 4) is 17.2 Å². The molecular weight excluding hydrogens is 467 g/mol. The van der Waals surface area contributed by atoms with E-state index in [1.165, 1.54) is 12.1 Å². The molecule has 0 fully saturated rings. The van der Waals surface area contributed by atoms with E-state index in [1.54, 1.807) is 32.0 Å². The lowest BCUT2D eigenvalue weighted by molar-refractivity contribution is -0.137. The summed E-state index contributed by atoms with van der Waals surface area (Å²) in [4.78, 5) is 29.1. The van der Waals surface area contributed by atoms with Crippen LogP contribution in [0.3, 0.4) is 0 Å². The summed E-state index contributed by atoms with van der Waals surface area (Å²) in [6, 6.07) is 11.8. The molecule has 0 saturated carbocycles. The van der Waals surface area contributed by atoms with Crippen LogP contribution in [0.2, 0.25) is 0 Å². The van der Waals surface area contributed by atoms with Crippen LogP contribution in [0.25, 0.3) is 17.5 Å². The number of hydrogen-bond acceptors (Lipinski definition) is 6. The molecule has 0 unspecified atom stereocenters. The van der Waals surface area contributed by atoms with Gasteiger partial charge in [-0.15, -0.1) is 4.74 Å². The van der Waals surface area contributed by atoms with E-state index in [-0.39, 0.29) is 19.0 Å². The molecule has 0 aliphatic rings. The summed E-state index contributed by atoms with van der Waals surface area (Å²) in [7, 11) is 0. The third-order valence-electron chi connectivity index (χ3n) is 5.02. The minimum atomic E-state index is -4.41. The van der Waals surface area contributed by atoms with E-state index in [0.29, 0.717) is 22.8 Å². The molecule has 2 heterocycles. The fourth-order valence-corrected chi connectivity index (χ4v) is 3.31. The highest BCUT2D eigenvalue weighted by atomic mass is 19.4. The lowest BCUT2D eigenvalue weighted by Gasteiger charge is -2.06. The molecule has 2 aromatic heterocycles. The molecule has 4 rings (SSSR count). The number of benzene rings is 2. The maximum Gasteiger partial charge on any atom is 0.440 e. The number of aryl methyl sites for hydroxylation is 1. The quantitative estimate of drug-likeness (QED) is 0.402. The van der Waals surface area contributed by atoms with Crippen LogP contribution in [-0.4, -0.2) is 14.7 Å². The second-order valence-corrected chi connectivity index (χ2v) is 7.79. The van der Waals surface area contributed by atoms with E-state index < -0.39 is 23.2 Å². The van der Waals surface area contributed by atoms with Crippen LogP contribution < -0.4 is 16.2 Å². The van der Waals surface area contributed by atoms with Crippen molar-refractivity contribution in [1.29, 1.82) is 0 Å². The first-order valence-electron chi connectivity index (χ1n) is 10.4. The molecule has 11 heteroatoms. The Morgan fingerprint density at radius 3 is 2.57 bits per heavy atom. The zero-order chi connectivity index (χ0) is 25.2. The number of nitrogens with zero attached hydrogens (tertiary/aromatic N) is 2. The summed E-state index contributed by atoms with van der Waals surface area (Å²) >= 11 is 0. The Kier molecular flexibility index (Phi) is 6.50. The van der Waals surface area contributed by atoms with E-state index in [1.807, 2.05) is 17.1 Å². The number of aromatic nitrogens is 3. The van der Waals surface area contributed by atoms with Crippen LogP contribution >= 0.6 is 0 Å². The molecule has 0 saturated heterocycles. The van der Waals surface area contributed by atoms with Gasteiger partial charge in [0.2, 0.25) is 5.89 Å². The molecule has 0 radical (unpaired) electrons. The van der Waals surface area contributed by atoms with Crippen molar-refractivity contribution >= 4 is 6.08 Å². The van der Waals surface area contributed by atoms with E-state index in [2.05, 4.69) is 4.98 Å². The number of hydrogen-bond donors (Lipinski definition) is 1. The van der Waals surface area contributed by atoms with Gasteiger partial charge >= 0.3 is 17.6 Å². The number of ether oxygens (including phenoxy) is 1. The number of aromatic amines is 1. The van der Waals surface area contributed by atoms with Crippen LogP contribution in [0.1, 0.15) is 29.5 Å². The fourth-order valence-electron chi connectivity index (χ4n) is 3.31. The minimum absolute atomic E-state index is 0.0893. The highest BCUT2D eigenvalue weighted by Gasteiger charge is 2.30. The van der Waals surface area contributed by atoms with Gasteiger partial charge in [-0.05, 0) is 61.4 Å². The highest BCUT2D eigenvalue weighted by Crippen LogP contribution is 2.31. The molecule has 0 aliphatic carbocycles. The van der Waals surface area contributed by atoms with Crippen LogP contribution in [0.5, 0.6) is 5.75 Å². The minimum Gasteiger partial charge on any atom is -0.487 e. The highest BCUT2D eigenvalue weighted by molar-refractivity contribution is 5.55. The van der Waals surface area contributed by atoms with Crippen LogP contribution in [0.15, 0.2) is 72.6 Å². The normalized spacial score (nSPS) is 12.2. The molecule has 4 aromatic rings. The van der Waals surface area contributed by atoms with Gasteiger partial charge in [-0.1, -0.05) is 18.2 Å². The molecule has 2 aromatic carbocycles. The molecule has 35 heavy (non-hydrogen) atoms. The monoisotopic (exact) mass is 487 g/mol. The van der Waals surface area contributed by atoms with Crippen LogP contribution in [0.4, 0.5) is 13.2 Å². The zero-order valence-electron chi connectivity index (χ0n) is 18.7. The molecule has 0 aliphatic heterocycles. The maximum atomic E-state index is 12.8. The van der Waals surface area contributed by atoms with E-state index >= 15 is 0 Å². The van der Waals surface area contributed by atoms with Crippen molar-refractivity contribution in [1.82, 2.24) is 14.7 Å². The predicted octanol–water partition coefficient (Wildman–Crippen LogP) is 4.79. The van der Waals surface area contributed by atoms with Gasteiger partial charge in [0, 0.05) is 5.56 Å². The van der Waals surface area contributed by atoms with Crippen molar-refractivity contribution < 1.29 is 26.8 Å². The van der Waals surface area contributed by atoms with Crippen molar-refractivity contribution in [3.05, 3.63) is 97.7 Å². The fraction of sp³-hybridized carbons (Fsp3) is 0.208. The number of H-pyrrole nitrogens is 1. The summed E-state index contributed by atoms with van der Waals surface area (Å²) < 4.78 is 55.5. The summed E-state index contributed by atoms with van der Waals surface area (Å²) in [5, 5.41) is 0. The predicted molar refractivity (Wildman–Crippen MR) is 120 cm³/mol. The number of allylic oxidation sites excluding steroid dienone is 1. The zero-order valence-corrected chi connectivity index (χ0v) is 18.7. The number of oxazole rings is 1. The average Bonchev–Trinajstić information content (AvgIpc) is 3.32. The van der Waals surface area contributed by atoms with Crippen molar-refractivity contribution in [2.24, 2.45) is 0 Å². The Labute approximate surface area is 196 Å². The third-order valence-corrected chi connectivity index (χ3v) is 5.02. The Bertz CT molecular complexity index is 1470. The number of halogens is 3. The number of alkyl halides is 3. The molecule has 1 N–H and O–H groups in total. The average molecular weight is 487 g/mol. The molecule has 0 bridgehead atoms. The molecule has 0 spiro atoms. The smallest absolute Gasteiger partial charge is 0.440 e. The Balaban J connectivity index is 1.43. The second-order valence-electron chi connectivity index (χ2n) is 7.79. The summed E-state index contributed by atoms with van der Waals surface area (Å²) in [5.74, 6) is 0.428. The van der Waals surface area contributed by atoms with Crippen molar-refractivity contribution in [2.45, 2.75) is 33.2 Å². The van der Waals surface area contributed by atoms with Crippen LogP contribution in [-0.2, 0) is 19.3 Å². The van der Waals surface area contributed by atoms with Crippen LogP contribution in [0, 0.1) is 6.92 Å². The lowest BCUT2D eigenvalue weighted by Crippen LogP contribution is -2.17. The van der Waals surface area contributed by atoms with Gasteiger partial charge < -0.3 is 13.7 Å². The second kappa shape index (κ2) is 9.53. The first kappa shape index (κ1) is 23.9. The van der Waals surface area contributed by atoms with Gasteiger partial charge in [-0.25, -0.2) is 19.6 Å². The Morgan fingerprint density at radius 1 is 1.17 bits per heavy atom. The maximum absolute atomic E-state index is 12.8. The Morgan fingerprint density at radius 2 is 1.91 bits per heavy atom. The molecule has 182 valence electrons. The molecule has 8 nitrogen and oxygen atoms in total. The summed E-state index contributed by atoms with van der Waals surface area (Å²) in [6.07, 6.45) is -2.60. The lowest BCUT2D eigenvalue weighted by atomic mass is 10.1. The first-order valence-corrected chi connectivity index (χ1v) is 10.4. The molecular formula is C24H20F3N3O5. The van der Waals surface area contributed by atoms with Crippen molar-refractivity contribution in [2.75, 3.05) is 0 Å². The van der Waals surface area contributed by atoms with Gasteiger partial charge in [0.1, 0.15) is 23.8 Å². The standard InChI is InChI=1S/C24H20F3N3O5/c1-14(12-30-22(31)29-23(32)35-30)10-16-4-3-5-19(11-16)33-13-20-15(2)34-21(28-20)17-6-8-18(9-7-17)24(25,26)27/h3-11H,12-13H2,1-2H3,(H,29,31,32)/b14-10+. The molecule has 0 atom stereocenters. The van der Waals surface area contributed by atoms with Gasteiger partial charge in [-0.2, -0.15) is 13.2 Å². The summed E-state index contributed by atoms with van der Waals surface area (Å²) in [5.41, 5.74) is 1.13. The van der Waals surface area contributed by atoms with E-state index in [9.17, 15) is 22.8 Å². The number of nitrogens with one attached hydrogen (secondary N) is 1. The van der Waals surface area contributed by atoms with Gasteiger partial charge in [0.25, 0.3) is 0 Å². The van der Waals surface area contributed by atoms with Gasteiger partial charge in [0.05, 0.1) is 12.1 Å². The topological polar surface area (TPSA) is 103 Å². The van der Waals surface area contributed by atoms with Crippen molar-refractivity contribution in [3.63, 3.8) is 0 Å². The SMILES string of the molecule is C/C(=C\c1cccc(OCc2nc(-c3ccc(C(F)(F)F)cc3)oc2C)c1)Cn1oc(=O)[nH]c1=O. The molecule has 0 amide bonds. The third kappa shape index (κ3) is 5.81. The van der Waals surface area contributed by atoms with E-state index in [4.69, 9.17) is 13.7 Å². The van der Waals surface area contributed by atoms with E-state index in [0.717, 1.165) is 28.0 Å².